The molecule has 3 aliphatic heterocycles. The zero-order valence-corrected chi connectivity index (χ0v) is 16.6. The molecule has 3 saturated heterocycles. The third-order valence-electron chi connectivity index (χ3n) is 5.90. The molecule has 3 aliphatic rings. The standard InChI is InChI=1S/C21H21IN2O2/c22-21-14-23(11-15-7-3-1-4-8-15)12-17(21)19-24(20(21)25)18(13-26-19)16-9-5-2-6-10-16/h1-10,17-19H,11-14H2/t17-,18-,19-,21+/m1/s1. The number of rotatable bonds is 3. The fraction of sp³-hybridized carbons (Fsp3) is 0.381. The van der Waals surface area contributed by atoms with E-state index < -0.39 is 0 Å². The van der Waals surface area contributed by atoms with E-state index in [9.17, 15) is 4.79 Å². The molecule has 0 bridgehead atoms. The van der Waals surface area contributed by atoms with Gasteiger partial charge in [0.15, 0.2) is 0 Å². The van der Waals surface area contributed by atoms with Crippen LogP contribution < -0.4 is 0 Å². The summed E-state index contributed by atoms with van der Waals surface area (Å²) in [5, 5.41) is 0. The Morgan fingerprint density at radius 3 is 2.50 bits per heavy atom. The minimum absolute atomic E-state index is 0.0496. The Bertz CT molecular complexity index is 815. The van der Waals surface area contributed by atoms with Gasteiger partial charge < -0.3 is 9.64 Å². The maximum Gasteiger partial charge on any atom is 0.243 e. The Labute approximate surface area is 167 Å². The molecular weight excluding hydrogens is 439 g/mol. The first-order chi connectivity index (χ1) is 12.7. The van der Waals surface area contributed by atoms with Crippen LogP contribution in [0.1, 0.15) is 17.2 Å². The molecule has 3 heterocycles. The molecular formula is C21H21IN2O2. The summed E-state index contributed by atoms with van der Waals surface area (Å²) in [4.78, 5) is 17.8. The number of carbonyl (C=O) groups excluding carboxylic acids is 1. The highest BCUT2D eigenvalue weighted by atomic mass is 127. The number of hydrogen-bond acceptors (Lipinski definition) is 3. The third kappa shape index (κ3) is 2.52. The summed E-state index contributed by atoms with van der Waals surface area (Å²) in [6.07, 6.45) is -0.0922. The van der Waals surface area contributed by atoms with Gasteiger partial charge in [0.1, 0.15) is 9.65 Å². The molecule has 0 saturated carbocycles. The molecule has 5 rings (SSSR count). The largest absolute Gasteiger partial charge is 0.355 e. The Balaban J connectivity index is 1.38. The van der Waals surface area contributed by atoms with Crippen molar-refractivity contribution in [3.63, 3.8) is 0 Å². The number of fused-ring (bicyclic) bond motifs is 3. The number of alkyl halides is 1. The predicted octanol–water partition coefficient (Wildman–Crippen LogP) is 3.23. The molecule has 0 radical (unpaired) electrons. The van der Waals surface area contributed by atoms with Gasteiger partial charge in [-0.05, 0) is 11.1 Å². The van der Waals surface area contributed by atoms with E-state index in [1.165, 1.54) is 11.1 Å². The van der Waals surface area contributed by atoms with E-state index in [4.69, 9.17) is 4.74 Å². The van der Waals surface area contributed by atoms with Crippen LogP contribution in [0.4, 0.5) is 0 Å². The second kappa shape index (κ2) is 6.32. The summed E-state index contributed by atoms with van der Waals surface area (Å²) in [6, 6.07) is 20.8. The zero-order valence-electron chi connectivity index (χ0n) is 14.4. The van der Waals surface area contributed by atoms with Crippen molar-refractivity contribution in [2.24, 2.45) is 5.92 Å². The van der Waals surface area contributed by atoms with E-state index in [1.807, 2.05) is 29.2 Å². The molecule has 0 unspecified atom stereocenters. The van der Waals surface area contributed by atoms with Crippen molar-refractivity contribution >= 4 is 28.5 Å². The Morgan fingerprint density at radius 1 is 1.08 bits per heavy atom. The van der Waals surface area contributed by atoms with Crippen molar-refractivity contribution in [3.05, 3.63) is 71.8 Å². The van der Waals surface area contributed by atoms with Gasteiger partial charge in [-0.25, -0.2) is 0 Å². The summed E-state index contributed by atoms with van der Waals surface area (Å²) in [6.45, 7) is 3.20. The van der Waals surface area contributed by atoms with Gasteiger partial charge >= 0.3 is 0 Å². The highest BCUT2D eigenvalue weighted by Crippen LogP contribution is 2.52. The van der Waals surface area contributed by atoms with Gasteiger partial charge in [-0.15, -0.1) is 0 Å². The molecule has 4 nitrogen and oxygen atoms in total. The second-order valence-corrected chi connectivity index (χ2v) is 9.41. The fourth-order valence-corrected chi connectivity index (χ4v) is 5.94. The minimum atomic E-state index is -0.370. The van der Waals surface area contributed by atoms with E-state index in [0.717, 1.165) is 19.6 Å². The number of ether oxygens (including phenoxy) is 1. The topological polar surface area (TPSA) is 32.8 Å². The van der Waals surface area contributed by atoms with Crippen LogP contribution in [0.5, 0.6) is 0 Å². The van der Waals surface area contributed by atoms with Gasteiger partial charge in [-0.1, -0.05) is 83.3 Å². The van der Waals surface area contributed by atoms with Crippen molar-refractivity contribution < 1.29 is 9.53 Å². The van der Waals surface area contributed by atoms with Crippen LogP contribution in [0, 0.1) is 5.92 Å². The molecule has 0 spiro atoms. The van der Waals surface area contributed by atoms with E-state index in [0.29, 0.717) is 6.61 Å². The monoisotopic (exact) mass is 460 g/mol. The van der Waals surface area contributed by atoms with Gasteiger partial charge in [0.25, 0.3) is 0 Å². The summed E-state index contributed by atoms with van der Waals surface area (Å²) < 4.78 is 5.80. The average molecular weight is 460 g/mol. The van der Waals surface area contributed by atoms with E-state index in [-0.39, 0.29) is 27.5 Å². The molecule has 1 amide bonds. The van der Waals surface area contributed by atoms with Crippen molar-refractivity contribution in [1.29, 1.82) is 0 Å². The van der Waals surface area contributed by atoms with Crippen LogP contribution in [-0.2, 0) is 16.1 Å². The van der Waals surface area contributed by atoms with Gasteiger partial charge in [0.05, 0.1) is 12.6 Å². The lowest BCUT2D eigenvalue weighted by molar-refractivity contribution is -0.133. The van der Waals surface area contributed by atoms with Crippen LogP contribution in [0.15, 0.2) is 60.7 Å². The van der Waals surface area contributed by atoms with Crippen molar-refractivity contribution in [1.82, 2.24) is 9.80 Å². The van der Waals surface area contributed by atoms with Crippen molar-refractivity contribution in [2.75, 3.05) is 19.7 Å². The number of halogens is 1. The first-order valence-corrected chi connectivity index (χ1v) is 10.2. The van der Waals surface area contributed by atoms with Crippen LogP contribution in [0.25, 0.3) is 0 Å². The van der Waals surface area contributed by atoms with Crippen molar-refractivity contribution in [2.45, 2.75) is 22.2 Å². The van der Waals surface area contributed by atoms with E-state index in [1.54, 1.807) is 0 Å². The molecule has 5 heteroatoms. The molecule has 2 aromatic carbocycles. The highest BCUT2D eigenvalue weighted by Gasteiger charge is 2.65. The summed E-state index contributed by atoms with van der Waals surface area (Å²) in [5.74, 6) is 0.475. The molecule has 0 aliphatic carbocycles. The third-order valence-corrected chi connectivity index (χ3v) is 7.50. The average Bonchev–Trinajstić information content (AvgIpc) is 3.28. The van der Waals surface area contributed by atoms with E-state index >= 15 is 0 Å². The smallest absolute Gasteiger partial charge is 0.243 e. The predicted molar refractivity (Wildman–Crippen MR) is 108 cm³/mol. The van der Waals surface area contributed by atoms with Gasteiger partial charge in [0, 0.05) is 25.6 Å². The first kappa shape index (κ1) is 16.7. The number of carbonyl (C=O) groups is 1. The Kier molecular flexibility index (Phi) is 4.06. The molecule has 26 heavy (non-hydrogen) atoms. The van der Waals surface area contributed by atoms with Gasteiger partial charge in [-0.2, -0.15) is 0 Å². The number of likely N-dealkylation sites (tertiary alicyclic amines) is 1. The normalized spacial score (nSPS) is 33.5. The quantitative estimate of drug-likeness (QED) is 0.521. The molecule has 0 N–H and O–H groups in total. The zero-order chi connectivity index (χ0) is 17.7. The lowest BCUT2D eigenvalue weighted by atomic mass is 9.98. The van der Waals surface area contributed by atoms with Crippen molar-refractivity contribution in [3.8, 4) is 0 Å². The van der Waals surface area contributed by atoms with Gasteiger partial charge in [-0.3, -0.25) is 9.69 Å². The summed E-state index contributed by atoms with van der Waals surface area (Å²) in [5.41, 5.74) is 2.47. The van der Waals surface area contributed by atoms with Crippen LogP contribution in [-0.4, -0.2) is 45.1 Å². The maximum atomic E-state index is 13.4. The number of benzene rings is 2. The highest BCUT2D eigenvalue weighted by molar-refractivity contribution is 14.1. The van der Waals surface area contributed by atoms with Crippen LogP contribution in [0.3, 0.4) is 0 Å². The number of amides is 1. The summed E-state index contributed by atoms with van der Waals surface area (Å²) >= 11 is 2.41. The lowest BCUT2D eigenvalue weighted by Crippen LogP contribution is -2.41. The molecule has 3 fully saturated rings. The minimum Gasteiger partial charge on any atom is -0.355 e. The SMILES string of the molecule is O=C1N2[C@@H](c3ccccc3)CO[C@@H]2[C@H]2CN(Cc3ccccc3)C[C@@]12I. The fourth-order valence-electron chi connectivity index (χ4n) is 4.68. The van der Waals surface area contributed by atoms with E-state index in [2.05, 4.69) is 63.9 Å². The first-order valence-electron chi connectivity index (χ1n) is 9.11. The Morgan fingerprint density at radius 2 is 1.77 bits per heavy atom. The summed E-state index contributed by atoms with van der Waals surface area (Å²) in [7, 11) is 0. The second-order valence-electron chi connectivity index (χ2n) is 7.49. The van der Waals surface area contributed by atoms with Gasteiger partial charge in [0.2, 0.25) is 5.91 Å². The maximum absolute atomic E-state index is 13.4. The lowest BCUT2D eigenvalue weighted by Gasteiger charge is -2.27. The molecule has 2 aromatic rings. The molecule has 0 aromatic heterocycles. The number of hydrogen-bond donors (Lipinski definition) is 0. The number of nitrogens with zero attached hydrogens (tertiary/aromatic N) is 2. The molecule has 134 valence electrons. The molecule has 4 atom stereocenters. The van der Waals surface area contributed by atoms with Crippen LogP contribution >= 0.6 is 22.6 Å². The Hall–Kier alpha value is -1.44. The van der Waals surface area contributed by atoms with Crippen LogP contribution in [0.2, 0.25) is 0 Å².